The molecule has 15 heavy (non-hydrogen) atoms. The Balaban J connectivity index is 2.28. The van der Waals surface area contributed by atoms with E-state index in [1.54, 1.807) is 6.20 Å². The zero-order valence-electron chi connectivity index (χ0n) is 7.97. The van der Waals surface area contributed by atoms with E-state index in [2.05, 4.69) is 11.2 Å². The van der Waals surface area contributed by atoms with Crippen LogP contribution in [0.5, 0.6) is 0 Å². The Morgan fingerprint density at radius 1 is 1.00 bits per heavy atom. The Morgan fingerprint density at radius 2 is 1.87 bits per heavy atom. The van der Waals surface area contributed by atoms with E-state index < -0.39 is 0 Å². The number of hydrogen-bond donors (Lipinski definition) is 0. The molecular weight excluding hydrogens is 186 g/mol. The molecule has 0 saturated carbocycles. The number of aromatic nitrogens is 1. The summed E-state index contributed by atoms with van der Waals surface area (Å²) in [6.45, 7) is 0. The van der Waals surface area contributed by atoms with E-state index in [0.717, 1.165) is 22.2 Å². The predicted octanol–water partition coefficient (Wildman–Crippen LogP) is 3.29. The second-order valence-electron chi connectivity index (χ2n) is 3.29. The Labute approximate surface area is 87.2 Å². The Hall–Kier alpha value is -2.09. The van der Waals surface area contributed by atoms with Crippen molar-refractivity contribution in [3.8, 4) is 11.3 Å². The lowest BCUT2D eigenvalue weighted by atomic mass is 10.1. The van der Waals surface area contributed by atoms with Crippen LogP contribution in [0.25, 0.3) is 22.2 Å². The summed E-state index contributed by atoms with van der Waals surface area (Å²) < 4.78 is 5.34. The van der Waals surface area contributed by atoms with Crippen molar-refractivity contribution in [2.24, 2.45) is 0 Å². The third-order valence-corrected chi connectivity index (χ3v) is 2.34. The number of pyridine rings is 1. The Kier molecular flexibility index (Phi) is 1.78. The highest BCUT2D eigenvalue weighted by Crippen LogP contribution is 2.27. The summed E-state index contributed by atoms with van der Waals surface area (Å²) in [5, 5.41) is 1.05. The van der Waals surface area contributed by atoms with E-state index in [-0.39, 0.29) is 0 Å². The average molecular weight is 194 g/mol. The van der Waals surface area contributed by atoms with Gasteiger partial charge in [-0.3, -0.25) is 4.98 Å². The minimum absolute atomic E-state index is 0.846. The van der Waals surface area contributed by atoms with Gasteiger partial charge in [0, 0.05) is 11.6 Å². The van der Waals surface area contributed by atoms with Crippen molar-refractivity contribution in [3.63, 3.8) is 0 Å². The number of fused-ring (bicyclic) bond motifs is 1. The van der Waals surface area contributed by atoms with Crippen LogP contribution in [-0.4, -0.2) is 4.98 Å². The monoisotopic (exact) mass is 194 g/mol. The molecule has 2 aromatic heterocycles. The average Bonchev–Trinajstić information content (AvgIpc) is 2.74. The van der Waals surface area contributed by atoms with Gasteiger partial charge < -0.3 is 4.42 Å². The lowest BCUT2D eigenvalue weighted by Crippen LogP contribution is -1.79. The van der Waals surface area contributed by atoms with Crippen molar-refractivity contribution in [3.05, 3.63) is 54.9 Å². The zero-order chi connectivity index (χ0) is 10.1. The molecule has 0 aliphatic rings. The molecule has 0 amide bonds. The van der Waals surface area contributed by atoms with Crippen molar-refractivity contribution >= 4 is 11.0 Å². The van der Waals surface area contributed by atoms with Crippen molar-refractivity contribution in [1.82, 2.24) is 4.98 Å². The van der Waals surface area contributed by atoms with Crippen LogP contribution in [0.4, 0.5) is 0 Å². The van der Waals surface area contributed by atoms with Crippen LogP contribution in [0.1, 0.15) is 0 Å². The third kappa shape index (κ3) is 1.31. The molecule has 0 saturated heterocycles. The largest absolute Gasteiger partial charge is 0.452 e. The quantitative estimate of drug-likeness (QED) is 0.594. The second kappa shape index (κ2) is 3.24. The van der Waals surface area contributed by atoms with Gasteiger partial charge in [0.15, 0.2) is 6.26 Å². The molecular formula is C13H8NO. The van der Waals surface area contributed by atoms with Gasteiger partial charge in [0.25, 0.3) is 0 Å². The molecule has 2 heterocycles. The van der Waals surface area contributed by atoms with Crippen molar-refractivity contribution in [1.29, 1.82) is 0 Å². The molecule has 3 aromatic rings. The van der Waals surface area contributed by atoms with E-state index in [1.807, 2.05) is 42.5 Å². The summed E-state index contributed by atoms with van der Waals surface area (Å²) in [5.74, 6) is 0. The smallest absolute Gasteiger partial charge is 0.180 e. The van der Waals surface area contributed by atoms with Crippen LogP contribution in [0.2, 0.25) is 0 Å². The van der Waals surface area contributed by atoms with Crippen LogP contribution in [0.15, 0.2) is 53.1 Å². The molecule has 0 bridgehead atoms. The van der Waals surface area contributed by atoms with Gasteiger partial charge in [-0.05, 0) is 18.2 Å². The molecule has 0 spiro atoms. The minimum atomic E-state index is 0.846. The Bertz CT molecular complexity index is 584. The first-order valence-electron chi connectivity index (χ1n) is 4.76. The number of nitrogens with zero attached hydrogens (tertiary/aromatic N) is 1. The fourth-order valence-electron chi connectivity index (χ4n) is 1.62. The first-order chi connectivity index (χ1) is 7.45. The second-order valence-corrected chi connectivity index (χ2v) is 3.29. The van der Waals surface area contributed by atoms with Gasteiger partial charge in [-0.2, -0.15) is 0 Å². The van der Waals surface area contributed by atoms with Crippen molar-refractivity contribution in [2.45, 2.75) is 0 Å². The van der Waals surface area contributed by atoms with Crippen LogP contribution in [0.3, 0.4) is 0 Å². The molecule has 71 valence electrons. The van der Waals surface area contributed by atoms with E-state index in [0.29, 0.717) is 0 Å². The minimum Gasteiger partial charge on any atom is -0.452 e. The van der Waals surface area contributed by atoms with Gasteiger partial charge in [0.2, 0.25) is 0 Å². The molecule has 0 fully saturated rings. The topological polar surface area (TPSA) is 26.0 Å². The number of furan rings is 1. The fourth-order valence-corrected chi connectivity index (χ4v) is 1.62. The molecule has 0 atom stereocenters. The van der Waals surface area contributed by atoms with E-state index in [4.69, 9.17) is 4.42 Å². The highest BCUT2D eigenvalue weighted by Gasteiger charge is 2.08. The number of rotatable bonds is 1. The summed E-state index contributed by atoms with van der Waals surface area (Å²) in [6, 6.07) is 13.7. The molecule has 0 N–H and O–H groups in total. The number of benzene rings is 1. The molecule has 0 unspecified atom stereocenters. The maximum atomic E-state index is 5.34. The van der Waals surface area contributed by atoms with Crippen molar-refractivity contribution in [2.75, 3.05) is 0 Å². The number of para-hydroxylation sites is 1. The van der Waals surface area contributed by atoms with Gasteiger partial charge in [-0.25, -0.2) is 0 Å². The van der Waals surface area contributed by atoms with Crippen LogP contribution in [0, 0.1) is 6.26 Å². The molecule has 3 rings (SSSR count). The summed E-state index contributed by atoms with van der Waals surface area (Å²) in [5.41, 5.74) is 2.66. The number of hydrogen-bond acceptors (Lipinski definition) is 2. The lowest BCUT2D eigenvalue weighted by Gasteiger charge is -1.94. The van der Waals surface area contributed by atoms with Crippen LogP contribution < -0.4 is 0 Å². The van der Waals surface area contributed by atoms with Gasteiger partial charge in [-0.15, -0.1) is 0 Å². The summed E-state index contributed by atoms with van der Waals surface area (Å²) >= 11 is 0. The molecule has 2 nitrogen and oxygen atoms in total. The highest BCUT2D eigenvalue weighted by atomic mass is 16.3. The van der Waals surface area contributed by atoms with Crippen LogP contribution in [-0.2, 0) is 0 Å². The predicted molar refractivity (Wildman–Crippen MR) is 58.3 cm³/mol. The van der Waals surface area contributed by atoms with Crippen molar-refractivity contribution < 1.29 is 4.42 Å². The van der Waals surface area contributed by atoms with E-state index >= 15 is 0 Å². The molecule has 1 radical (unpaired) electrons. The molecule has 1 aromatic carbocycles. The first kappa shape index (κ1) is 8.24. The maximum Gasteiger partial charge on any atom is 0.180 e. The summed E-state index contributed by atoms with van der Waals surface area (Å²) in [4.78, 5) is 4.28. The van der Waals surface area contributed by atoms with Gasteiger partial charge >= 0.3 is 0 Å². The first-order valence-corrected chi connectivity index (χ1v) is 4.76. The standard InChI is InChI=1S/C13H8NO/c1-2-7-13-10(5-1)11(9-15-13)12-6-3-4-8-14-12/h1-8H. The summed E-state index contributed by atoms with van der Waals surface area (Å²) in [7, 11) is 0. The molecule has 2 heteroatoms. The summed E-state index contributed by atoms with van der Waals surface area (Å²) in [6.07, 6.45) is 4.66. The zero-order valence-corrected chi connectivity index (χ0v) is 7.97. The van der Waals surface area contributed by atoms with Crippen LogP contribution >= 0.6 is 0 Å². The van der Waals surface area contributed by atoms with E-state index in [1.165, 1.54) is 0 Å². The lowest BCUT2D eigenvalue weighted by molar-refractivity contribution is 0.607. The Morgan fingerprint density at radius 3 is 2.73 bits per heavy atom. The third-order valence-electron chi connectivity index (χ3n) is 2.34. The highest BCUT2D eigenvalue weighted by molar-refractivity contribution is 5.92. The SMILES string of the molecule is [c]1oc2ccccc2c1-c1ccccn1. The molecule has 0 aliphatic carbocycles. The fraction of sp³-hybridized carbons (Fsp3) is 0. The maximum absolute atomic E-state index is 5.34. The van der Waals surface area contributed by atoms with Gasteiger partial charge in [0.05, 0.1) is 11.3 Å². The van der Waals surface area contributed by atoms with Gasteiger partial charge in [-0.1, -0.05) is 24.3 Å². The van der Waals surface area contributed by atoms with Gasteiger partial charge in [0.1, 0.15) is 5.58 Å². The van der Waals surface area contributed by atoms with E-state index in [9.17, 15) is 0 Å². The normalized spacial score (nSPS) is 10.7. The molecule has 0 aliphatic heterocycles.